The van der Waals surface area contributed by atoms with E-state index < -0.39 is 0 Å². The molecule has 0 aliphatic rings. The molecule has 1 aromatic carbocycles. The predicted molar refractivity (Wildman–Crippen MR) is 69.9 cm³/mol. The zero-order chi connectivity index (χ0) is 12.6. The molecule has 0 saturated heterocycles. The highest BCUT2D eigenvalue weighted by Crippen LogP contribution is 2.25. The van der Waals surface area contributed by atoms with Crippen molar-refractivity contribution in [2.45, 2.75) is 26.8 Å². The molecule has 0 bridgehead atoms. The van der Waals surface area contributed by atoms with E-state index in [-0.39, 0.29) is 6.04 Å². The molecule has 3 heteroatoms. The molecule has 1 heterocycles. The molecule has 0 amide bonds. The van der Waals surface area contributed by atoms with Crippen LogP contribution < -0.4 is 5.73 Å². The van der Waals surface area contributed by atoms with E-state index >= 15 is 0 Å². The summed E-state index contributed by atoms with van der Waals surface area (Å²) in [5.74, 6) is 0. The fraction of sp³-hybridized carbons (Fsp3) is 0.357. The van der Waals surface area contributed by atoms with Gasteiger partial charge in [-0.25, -0.2) is 0 Å². The SMILES string of the molecule is Cc1cccc(C(N)c2c(C)nn(C)c2C)c1. The van der Waals surface area contributed by atoms with Crippen LogP contribution in [0, 0.1) is 20.8 Å². The van der Waals surface area contributed by atoms with E-state index in [0.717, 1.165) is 22.5 Å². The first kappa shape index (κ1) is 11.9. The van der Waals surface area contributed by atoms with Crippen molar-refractivity contribution in [2.75, 3.05) is 0 Å². The van der Waals surface area contributed by atoms with Crippen LogP contribution in [-0.2, 0) is 7.05 Å². The molecule has 90 valence electrons. The number of hydrogen-bond acceptors (Lipinski definition) is 2. The van der Waals surface area contributed by atoms with Gasteiger partial charge in [-0.05, 0) is 26.3 Å². The Morgan fingerprint density at radius 1 is 1.24 bits per heavy atom. The maximum Gasteiger partial charge on any atom is 0.0647 e. The molecule has 1 atom stereocenters. The lowest BCUT2D eigenvalue weighted by molar-refractivity contribution is 0.728. The van der Waals surface area contributed by atoms with Crippen LogP contribution in [-0.4, -0.2) is 9.78 Å². The van der Waals surface area contributed by atoms with Gasteiger partial charge in [0.25, 0.3) is 0 Å². The van der Waals surface area contributed by atoms with Gasteiger partial charge in [0.05, 0.1) is 11.7 Å². The molecular formula is C14H19N3. The lowest BCUT2D eigenvalue weighted by Crippen LogP contribution is -2.14. The first-order valence-corrected chi connectivity index (χ1v) is 5.83. The molecule has 2 rings (SSSR count). The summed E-state index contributed by atoms with van der Waals surface area (Å²) >= 11 is 0. The van der Waals surface area contributed by atoms with E-state index in [2.05, 4.69) is 37.1 Å². The van der Waals surface area contributed by atoms with Crippen LogP contribution in [0.4, 0.5) is 0 Å². The molecule has 0 radical (unpaired) electrons. The molecule has 2 aromatic rings. The Morgan fingerprint density at radius 3 is 2.47 bits per heavy atom. The zero-order valence-corrected chi connectivity index (χ0v) is 10.9. The van der Waals surface area contributed by atoms with Gasteiger partial charge >= 0.3 is 0 Å². The highest BCUT2D eigenvalue weighted by Gasteiger charge is 2.18. The van der Waals surface area contributed by atoms with Gasteiger partial charge in [0.15, 0.2) is 0 Å². The first-order chi connectivity index (χ1) is 8.00. The Labute approximate surface area is 102 Å². The summed E-state index contributed by atoms with van der Waals surface area (Å²) < 4.78 is 1.89. The van der Waals surface area contributed by atoms with Gasteiger partial charge in [0.1, 0.15) is 0 Å². The summed E-state index contributed by atoms with van der Waals surface area (Å²) in [5, 5.41) is 4.42. The fourth-order valence-electron chi connectivity index (χ4n) is 2.27. The molecule has 3 nitrogen and oxygen atoms in total. The van der Waals surface area contributed by atoms with E-state index in [1.807, 2.05) is 24.7 Å². The molecule has 0 spiro atoms. The maximum atomic E-state index is 6.35. The largest absolute Gasteiger partial charge is 0.320 e. The summed E-state index contributed by atoms with van der Waals surface area (Å²) in [4.78, 5) is 0. The van der Waals surface area contributed by atoms with E-state index in [4.69, 9.17) is 5.73 Å². The average Bonchev–Trinajstić information content (AvgIpc) is 2.52. The van der Waals surface area contributed by atoms with Crippen molar-refractivity contribution in [1.29, 1.82) is 0 Å². The summed E-state index contributed by atoms with van der Waals surface area (Å²) in [6.45, 7) is 6.15. The van der Waals surface area contributed by atoms with Gasteiger partial charge in [0.2, 0.25) is 0 Å². The Kier molecular flexibility index (Phi) is 3.03. The molecule has 1 aromatic heterocycles. The average molecular weight is 229 g/mol. The number of benzene rings is 1. The van der Waals surface area contributed by atoms with Crippen molar-refractivity contribution in [3.63, 3.8) is 0 Å². The number of nitrogens with two attached hydrogens (primary N) is 1. The van der Waals surface area contributed by atoms with E-state index in [0.29, 0.717) is 0 Å². The van der Waals surface area contributed by atoms with Gasteiger partial charge in [-0.3, -0.25) is 4.68 Å². The Hall–Kier alpha value is -1.61. The number of hydrogen-bond donors (Lipinski definition) is 1. The third kappa shape index (κ3) is 2.11. The lowest BCUT2D eigenvalue weighted by Gasteiger charge is -2.13. The zero-order valence-electron chi connectivity index (χ0n) is 10.9. The molecule has 0 aliphatic heterocycles. The van der Waals surface area contributed by atoms with Crippen LogP contribution in [0.25, 0.3) is 0 Å². The second-order valence-corrected chi connectivity index (χ2v) is 4.60. The summed E-state index contributed by atoms with van der Waals surface area (Å²) in [5.41, 5.74) is 12.0. The smallest absolute Gasteiger partial charge is 0.0647 e. The van der Waals surface area contributed by atoms with E-state index in [1.165, 1.54) is 5.56 Å². The van der Waals surface area contributed by atoms with Gasteiger partial charge in [-0.15, -0.1) is 0 Å². The minimum absolute atomic E-state index is 0.0939. The Balaban J connectivity index is 2.47. The summed E-state index contributed by atoms with van der Waals surface area (Å²) in [6, 6.07) is 8.24. The Morgan fingerprint density at radius 2 is 1.94 bits per heavy atom. The van der Waals surface area contributed by atoms with E-state index in [1.54, 1.807) is 0 Å². The van der Waals surface area contributed by atoms with Crippen LogP contribution in [0.2, 0.25) is 0 Å². The fourth-order valence-corrected chi connectivity index (χ4v) is 2.27. The minimum atomic E-state index is -0.0939. The molecule has 0 saturated carbocycles. The second kappa shape index (κ2) is 4.34. The third-order valence-corrected chi connectivity index (χ3v) is 3.28. The maximum absolute atomic E-state index is 6.35. The molecular weight excluding hydrogens is 210 g/mol. The van der Waals surface area contributed by atoms with Crippen molar-refractivity contribution in [3.05, 3.63) is 52.3 Å². The monoisotopic (exact) mass is 229 g/mol. The topological polar surface area (TPSA) is 43.8 Å². The number of nitrogens with zero attached hydrogens (tertiary/aromatic N) is 2. The van der Waals surface area contributed by atoms with Crippen molar-refractivity contribution < 1.29 is 0 Å². The van der Waals surface area contributed by atoms with Gasteiger partial charge in [-0.2, -0.15) is 5.10 Å². The van der Waals surface area contributed by atoms with Crippen LogP contribution >= 0.6 is 0 Å². The molecule has 0 fully saturated rings. The van der Waals surface area contributed by atoms with Crippen molar-refractivity contribution in [3.8, 4) is 0 Å². The van der Waals surface area contributed by atoms with Crippen molar-refractivity contribution in [2.24, 2.45) is 12.8 Å². The minimum Gasteiger partial charge on any atom is -0.320 e. The Bertz CT molecular complexity index is 540. The number of aromatic nitrogens is 2. The summed E-state index contributed by atoms with van der Waals surface area (Å²) in [6.07, 6.45) is 0. The van der Waals surface area contributed by atoms with Crippen LogP contribution in [0.1, 0.15) is 34.1 Å². The molecule has 0 aliphatic carbocycles. The normalized spacial score (nSPS) is 12.8. The second-order valence-electron chi connectivity index (χ2n) is 4.60. The van der Waals surface area contributed by atoms with E-state index in [9.17, 15) is 0 Å². The predicted octanol–water partition coefficient (Wildman–Crippen LogP) is 2.39. The van der Waals surface area contributed by atoms with Gasteiger partial charge in [0, 0.05) is 18.3 Å². The lowest BCUT2D eigenvalue weighted by atomic mass is 9.97. The standard InChI is InChI=1S/C14H19N3/c1-9-6-5-7-12(8-9)14(15)13-10(2)16-17(4)11(13)3/h5-8,14H,15H2,1-4H3. The van der Waals surface area contributed by atoms with Gasteiger partial charge in [-0.1, -0.05) is 29.8 Å². The molecule has 17 heavy (non-hydrogen) atoms. The number of rotatable bonds is 2. The van der Waals surface area contributed by atoms with Gasteiger partial charge < -0.3 is 5.73 Å². The van der Waals surface area contributed by atoms with Crippen molar-refractivity contribution in [1.82, 2.24) is 9.78 Å². The van der Waals surface area contributed by atoms with Crippen LogP contribution in [0.5, 0.6) is 0 Å². The molecule has 1 unspecified atom stereocenters. The van der Waals surface area contributed by atoms with Crippen LogP contribution in [0.15, 0.2) is 24.3 Å². The number of aryl methyl sites for hydroxylation is 3. The first-order valence-electron chi connectivity index (χ1n) is 5.83. The molecule has 2 N–H and O–H groups in total. The quantitative estimate of drug-likeness (QED) is 0.859. The third-order valence-electron chi connectivity index (χ3n) is 3.28. The van der Waals surface area contributed by atoms with Crippen LogP contribution in [0.3, 0.4) is 0 Å². The van der Waals surface area contributed by atoms with Crippen molar-refractivity contribution >= 4 is 0 Å². The highest BCUT2D eigenvalue weighted by molar-refractivity contribution is 5.37. The highest BCUT2D eigenvalue weighted by atomic mass is 15.3. The summed E-state index contributed by atoms with van der Waals surface area (Å²) in [7, 11) is 1.95.